The van der Waals surface area contributed by atoms with E-state index in [-0.39, 0.29) is 5.84 Å². The van der Waals surface area contributed by atoms with Gasteiger partial charge in [0.2, 0.25) is 0 Å². The Labute approximate surface area is 122 Å². The van der Waals surface area contributed by atoms with E-state index >= 15 is 0 Å². The van der Waals surface area contributed by atoms with Crippen molar-refractivity contribution < 1.29 is 0 Å². The Bertz CT molecular complexity index is 468. The standard InChI is InChI=1S/C15H27N5/c1-6-20(9-7-8-19(4)5)15-13(14(16)17)11(2)10-12(3)18-15/h10H,6-9H2,1-5H3,(H3,16,17). The van der Waals surface area contributed by atoms with Crippen LogP contribution in [-0.4, -0.2) is 49.4 Å². The van der Waals surface area contributed by atoms with Crippen molar-refractivity contribution in [2.45, 2.75) is 27.2 Å². The van der Waals surface area contributed by atoms with Crippen molar-refractivity contribution in [3.05, 3.63) is 22.9 Å². The van der Waals surface area contributed by atoms with Crippen molar-refractivity contribution in [2.24, 2.45) is 5.73 Å². The molecule has 0 spiro atoms. The number of nitrogens with zero attached hydrogens (tertiary/aromatic N) is 3. The van der Waals surface area contributed by atoms with Crippen LogP contribution >= 0.6 is 0 Å². The van der Waals surface area contributed by atoms with Crippen LogP contribution in [0.15, 0.2) is 6.07 Å². The van der Waals surface area contributed by atoms with Gasteiger partial charge in [-0.2, -0.15) is 0 Å². The summed E-state index contributed by atoms with van der Waals surface area (Å²) in [7, 11) is 4.15. The molecule has 0 fully saturated rings. The van der Waals surface area contributed by atoms with Gasteiger partial charge >= 0.3 is 0 Å². The Kier molecular flexibility index (Phi) is 5.95. The van der Waals surface area contributed by atoms with E-state index in [1.54, 1.807) is 0 Å². The first kappa shape index (κ1) is 16.4. The van der Waals surface area contributed by atoms with Crippen LogP contribution in [-0.2, 0) is 0 Å². The molecule has 0 radical (unpaired) electrons. The van der Waals surface area contributed by atoms with Crippen molar-refractivity contribution in [2.75, 3.05) is 38.6 Å². The topological polar surface area (TPSA) is 69.2 Å². The molecule has 1 heterocycles. The van der Waals surface area contributed by atoms with Crippen LogP contribution in [0.5, 0.6) is 0 Å². The van der Waals surface area contributed by atoms with Crippen LogP contribution in [0.25, 0.3) is 0 Å². The Morgan fingerprint density at radius 3 is 2.45 bits per heavy atom. The van der Waals surface area contributed by atoms with Crippen LogP contribution in [0.1, 0.15) is 30.2 Å². The molecule has 1 aromatic heterocycles. The molecular weight excluding hydrogens is 250 g/mol. The molecule has 112 valence electrons. The third kappa shape index (κ3) is 4.20. The Morgan fingerprint density at radius 1 is 1.30 bits per heavy atom. The second-order valence-electron chi connectivity index (χ2n) is 5.43. The fourth-order valence-electron chi connectivity index (χ4n) is 2.37. The summed E-state index contributed by atoms with van der Waals surface area (Å²) in [6.45, 7) is 8.90. The van der Waals surface area contributed by atoms with Gasteiger partial charge in [0.25, 0.3) is 0 Å². The molecule has 3 N–H and O–H groups in total. The maximum atomic E-state index is 7.80. The third-order valence-corrected chi connectivity index (χ3v) is 3.31. The van der Waals surface area contributed by atoms with Gasteiger partial charge in [-0.25, -0.2) is 4.98 Å². The van der Waals surface area contributed by atoms with Crippen molar-refractivity contribution in [1.82, 2.24) is 9.88 Å². The Hall–Kier alpha value is -1.62. The largest absolute Gasteiger partial charge is 0.384 e. The van der Waals surface area contributed by atoms with E-state index in [1.807, 2.05) is 19.9 Å². The fraction of sp³-hybridized carbons (Fsp3) is 0.600. The van der Waals surface area contributed by atoms with Gasteiger partial charge in [-0.3, -0.25) is 5.41 Å². The maximum Gasteiger partial charge on any atom is 0.140 e. The van der Waals surface area contributed by atoms with Gasteiger partial charge < -0.3 is 15.5 Å². The summed E-state index contributed by atoms with van der Waals surface area (Å²) in [4.78, 5) is 9.00. The number of aromatic nitrogens is 1. The highest BCUT2D eigenvalue weighted by Gasteiger charge is 2.16. The predicted molar refractivity (Wildman–Crippen MR) is 85.8 cm³/mol. The molecule has 0 amide bonds. The second-order valence-corrected chi connectivity index (χ2v) is 5.43. The number of hydrogen-bond acceptors (Lipinski definition) is 4. The van der Waals surface area contributed by atoms with Crippen LogP contribution in [0.3, 0.4) is 0 Å². The minimum atomic E-state index is 0.0936. The van der Waals surface area contributed by atoms with Crippen molar-refractivity contribution in [3.8, 4) is 0 Å². The minimum Gasteiger partial charge on any atom is -0.384 e. The second kappa shape index (κ2) is 7.24. The number of hydrogen-bond donors (Lipinski definition) is 2. The number of aryl methyl sites for hydroxylation is 2. The van der Waals surface area contributed by atoms with Crippen LogP contribution < -0.4 is 10.6 Å². The first-order valence-electron chi connectivity index (χ1n) is 7.09. The molecule has 0 bridgehead atoms. The lowest BCUT2D eigenvalue weighted by molar-refractivity contribution is 0.400. The van der Waals surface area contributed by atoms with E-state index in [0.717, 1.165) is 48.7 Å². The molecule has 1 aromatic rings. The van der Waals surface area contributed by atoms with E-state index in [1.165, 1.54) is 0 Å². The van der Waals surface area contributed by atoms with Gasteiger partial charge in [0.1, 0.15) is 11.7 Å². The zero-order valence-electron chi connectivity index (χ0n) is 13.3. The molecule has 0 unspecified atom stereocenters. The van der Waals surface area contributed by atoms with E-state index in [9.17, 15) is 0 Å². The van der Waals surface area contributed by atoms with E-state index in [2.05, 4.69) is 35.8 Å². The lowest BCUT2D eigenvalue weighted by Gasteiger charge is -2.26. The zero-order chi connectivity index (χ0) is 15.3. The van der Waals surface area contributed by atoms with Gasteiger partial charge in [0.05, 0.1) is 5.56 Å². The predicted octanol–water partition coefficient (Wildman–Crippen LogP) is 1.76. The smallest absolute Gasteiger partial charge is 0.140 e. The van der Waals surface area contributed by atoms with E-state index in [4.69, 9.17) is 11.1 Å². The Balaban J connectivity index is 3.04. The molecule has 0 aromatic carbocycles. The molecule has 20 heavy (non-hydrogen) atoms. The van der Waals surface area contributed by atoms with Gasteiger partial charge in [-0.15, -0.1) is 0 Å². The van der Waals surface area contributed by atoms with Gasteiger partial charge in [-0.1, -0.05) is 0 Å². The summed E-state index contributed by atoms with van der Waals surface area (Å²) in [6, 6.07) is 1.98. The number of amidine groups is 1. The van der Waals surface area contributed by atoms with Crippen LogP contribution in [0.4, 0.5) is 5.82 Å². The van der Waals surface area contributed by atoms with E-state index in [0.29, 0.717) is 0 Å². The molecule has 0 aliphatic rings. The monoisotopic (exact) mass is 277 g/mol. The Morgan fingerprint density at radius 2 is 1.95 bits per heavy atom. The molecule has 5 heteroatoms. The number of pyridine rings is 1. The van der Waals surface area contributed by atoms with Gasteiger partial charge in [0.15, 0.2) is 0 Å². The molecule has 0 aliphatic carbocycles. The van der Waals surface area contributed by atoms with Gasteiger partial charge in [0, 0.05) is 18.8 Å². The summed E-state index contributed by atoms with van der Waals surface area (Å²) < 4.78 is 0. The number of anilines is 1. The average molecular weight is 277 g/mol. The zero-order valence-corrected chi connectivity index (χ0v) is 13.3. The quantitative estimate of drug-likeness (QED) is 0.588. The highest BCUT2D eigenvalue weighted by atomic mass is 15.2. The first-order valence-corrected chi connectivity index (χ1v) is 7.09. The first-order chi connectivity index (χ1) is 9.36. The number of nitrogens with two attached hydrogens (primary N) is 1. The van der Waals surface area contributed by atoms with E-state index < -0.39 is 0 Å². The maximum absolute atomic E-state index is 7.80. The SMILES string of the molecule is CCN(CCCN(C)C)c1nc(C)cc(C)c1C(=N)N. The molecule has 5 nitrogen and oxygen atoms in total. The summed E-state index contributed by atoms with van der Waals surface area (Å²) in [6.07, 6.45) is 1.06. The lowest BCUT2D eigenvalue weighted by atomic mass is 10.1. The summed E-state index contributed by atoms with van der Waals surface area (Å²) in [5.41, 5.74) is 8.50. The van der Waals surface area contributed by atoms with Crippen LogP contribution in [0.2, 0.25) is 0 Å². The summed E-state index contributed by atoms with van der Waals surface area (Å²) >= 11 is 0. The number of nitrogen functional groups attached to an aromatic ring is 1. The number of rotatable bonds is 7. The lowest BCUT2D eigenvalue weighted by Crippen LogP contribution is -2.31. The normalized spacial score (nSPS) is 10.9. The van der Waals surface area contributed by atoms with Crippen molar-refractivity contribution in [3.63, 3.8) is 0 Å². The molecular formula is C15H27N5. The molecule has 0 atom stereocenters. The van der Waals surface area contributed by atoms with Crippen molar-refractivity contribution in [1.29, 1.82) is 5.41 Å². The minimum absolute atomic E-state index is 0.0936. The highest BCUT2D eigenvalue weighted by Crippen LogP contribution is 2.22. The molecule has 0 saturated heterocycles. The fourth-order valence-corrected chi connectivity index (χ4v) is 2.37. The van der Waals surface area contributed by atoms with Gasteiger partial charge in [-0.05, 0) is 59.5 Å². The molecule has 0 saturated carbocycles. The molecule has 1 rings (SSSR count). The molecule has 0 aliphatic heterocycles. The summed E-state index contributed by atoms with van der Waals surface area (Å²) in [5.74, 6) is 0.937. The summed E-state index contributed by atoms with van der Waals surface area (Å²) in [5, 5.41) is 7.80. The highest BCUT2D eigenvalue weighted by molar-refractivity contribution is 6.01. The average Bonchev–Trinajstić information content (AvgIpc) is 2.32. The van der Waals surface area contributed by atoms with Crippen molar-refractivity contribution >= 4 is 11.7 Å². The number of nitrogens with one attached hydrogen (secondary N) is 1. The third-order valence-electron chi connectivity index (χ3n) is 3.31. The van der Waals surface area contributed by atoms with Crippen LogP contribution in [0, 0.1) is 19.3 Å².